The largest absolute Gasteiger partial charge is 0.366 e. The molecular weight excluding hydrogens is 160 g/mol. The molecule has 13 heavy (non-hydrogen) atoms. The summed E-state index contributed by atoms with van der Waals surface area (Å²) in [6.07, 6.45) is 4.75. The van der Waals surface area contributed by atoms with Crippen LogP contribution in [0.2, 0.25) is 0 Å². The van der Waals surface area contributed by atoms with Crippen molar-refractivity contribution in [2.45, 2.75) is 19.4 Å². The molecule has 0 spiro atoms. The lowest BCUT2D eigenvalue weighted by Gasteiger charge is -2.32. The van der Waals surface area contributed by atoms with Gasteiger partial charge in [-0.3, -0.25) is 4.90 Å². The predicted molar refractivity (Wildman–Crippen MR) is 57.3 cm³/mol. The van der Waals surface area contributed by atoms with Gasteiger partial charge in [-0.15, -0.1) is 6.58 Å². The van der Waals surface area contributed by atoms with Gasteiger partial charge < -0.3 is 5.32 Å². The average molecular weight is 178 g/mol. The van der Waals surface area contributed by atoms with Crippen LogP contribution < -0.4 is 5.32 Å². The summed E-state index contributed by atoms with van der Waals surface area (Å²) in [7, 11) is 2.13. The Morgan fingerprint density at radius 3 is 2.77 bits per heavy atom. The molecule has 1 N–H and O–H groups in total. The standard InChI is InChI=1S/C11H18N2/c1-5-10-7-11(12-6-2)9(3)8-13(10)4/h5-6,10,12H,1-2,7-8H2,3-4H3. The fraction of sp³-hybridized carbons (Fsp3) is 0.455. The third-order valence-corrected chi connectivity index (χ3v) is 2.53. The molecular formula is C11H18N2. The van der Waals surface area contributed by atoms with Crippen molar-refractivity contribution in [2.24, 2.45) is 0 Å². The monoisotopic (exact) mass is 178 g/mol. The average Bonchev–Trinajstić information content (AvgIpc) is 2.10. The van der Waals surface area contributed by atoms with E-state index >= 15 is 0 Å². The first-order valence-electron chi connectivity index (χ1n) is 4.58. The van der Waals surface area contributed by atoms with Gasteiger partial charge in [0.25, 0.3) is 0 Å². The molecule has 0 aromatic carbocycles. The normalized spacial score (nSPS) is 24.3. The molecule has 1 aliphatic rings. The summed E-state index contributed by atoms with van der Waals surface area (Å²) in [5.74, 6) is 0. The first kappa shape index (κ1) is 10.1. The van der Waals surface area contributed by atoms with Gasteiger partial charge >= 0.3 is 0 Å². The fourth-order valence-corrected chi connectivity index (χ4v) is 1.69. The molecule has 1 atom stereocenters. The van der Waals surface area contributed by atoms with E-state index in [0.29, 0.717) is 6.04 Å². The van der Waals surface area contributed by atoms with Gasteiger partial charge in [-0.2, -0.15) is 0 Å². The van der Waals surface area contributed by atoms with Crippen LogP contribution in [0.1, 0.15) is 13.3 Å². The van der Waals surface area contributed by atoms with E-state index in [1.54, 1.807) is 6.20 Å². The van der Waals surface area contributed by atoms with Crippen molar-refractivity contribution in [2.75, 3.05) is 13.6 Å². The van der Waals surface area contributed by atoms with E-state index in [2.05, 4.69) is 37.3 Å². The maximum Gasteiger partial charge on any atom is 0.0330 e. The van der Waals surface area contributed by atoms with Crippen molar-refractivity contribution in [3.05, 3.63) is 36.7 Å². The van der Waals surface area contributed by atoms with Gasteiger partial charge in [0.1, 0.15) is 0 Å². The third kappa shape index (κ3) is 2.22. The third-order valence-electron chi connectivity index (χ3n) is 2.53. The second-order valence-corrected chi connectivity index (χ2v) is 3.53. The highest BCUT2D eigenvalue weighted by Crippen LogP contribution is 2.20. The lowest BCUT2D eigenvalue weighted by Crippen LogP contribution is -2.37. The van der Waals surface area contributed by atoms with E-state index < -0.39 is 0 Å². The number of hydrogen-bond acceptors (Lipinski definition) is 2. The SMILES string of the molecule is C=CNC1=C(C)CN(C)C(C=C)C1. The van der Waals surface area contributed by atoms with Crippen molar-refractivity contribution in [3.8, 4) is 0 Å². The Balaban J connectivity index is 2.76. The molecule has 0 fully saturated rings. The zero-order valence-corrected chi connectivity index (χ0v) is 8.51. The summed E-state index contributed by atoms with van der Waals surface area (Å²) in [5, 5.41) is 3.19. The van der Waals surface area contributed by atoms with Crippen LogP contribution in [-0.4, -0.2) is 24.5 Å². The lowest BCUT2D eigenvalue weighted by atomic mass is 10.0. The number of rotatable bonds is 3. The van der Waals surface area contributed by atoms with E-state index in [0.717, 1.165) is 13.0 Å². The molecule has 72 valence electrons. The van der Waals surface area contributed by atoms with Gasteiger partial charge in [-0.25, -0.2) is 0 Å². The first-order valence-corrected chi connectivity index (χ1v) is 4.58. The molecule has 0 saturated heterocycles. The minimum Gasteiger partial charge on any atom is -0.366 e. The van der Waals surface area contributed by atoms with Crippen LogP contribution in [0.15, 0.2) is 36.7 Å². The first-order chi connectivity index (χ1) is 6.19. The summed E-state index contributed by atoms with van der Waals surface area (Å²) >= 11 is 0. The number of hydrogen-bond donors (Lipinski definition) is 1. The van der Waals surface area contributed by atoms with Gasteiger partial charge in [0.2, 0.25) is 0 Å². The zero-order valence-electron chi connectivity index (χ0n) is 8.51. The number of nitrogens with zero attached hydrogens (tertiary/aromatic N) is 1. The van der Waals surface area contributed by atoms with Crippen LogP contribution in [0, 0.1) is 0 Å². The van der Waals surface area contributed by atoms with E-state index in [1.165, 1.54) is 11.3 Å². The second-order valence-electron chi connectivity index (χ2n) is 3.53. The molecule has 1 heterocycles. The molecule has 0 aromatic rings. The smallest absolute Gasteiger partial charge is 0.0330 e. The van der Waals surface area contributed by atoms with Crippen molar-refractivity contribution in [1.82, 2.24) is 10.2 Å². The van der Waals surface area contributed by atoms with Crippen LogP contribution in [0.3, 0.4) is 0 Å². The van der Waals surface area contributed by atoms with Crippen LogP contribution in [0.25, 0.3) is 0 Å². The highest BCUT2D eigenvalue weighted by molar-refractivity contribution is 5.20. The Labute approximate surface area is 80.6 Å². The van der Waals surface area contributed by atoms with Gasteiger partial charge in [-0.05, 0) is 25.7 Å². The Morgan fingerprint density at radius 2 is 2.23 bits per heavy atom. The van der Waals surface area contributed by atoms with Gasteiger partial charge in [0.15, 0.2) is 0 Å². The molecule has 1 rings (SSSR count). The van der Waals surface area contributed by atoms with E-state index in [1.807, 2.05) is 6.08 Å². The molecule has 1 unspecified atom stereocenters. The summed E-state index contributed by atoms with van der Waals surface area (Å²) in [4.78, 5) is 2.30. The number of likely N-dealkylation sites (N-methyl/N-ethyl adjacent to an activating group) is 1. The highest BCUT2D eigenvalue weighted by atomic mass is 15.1. The molecule has 1 aliphatic heterocycles. The Kier molecular flexibility index (Phi) is 3.32. The van der Waals surface area contributed by atoms with Crippen molar-refractivity contribution >= 4 is 0 Å². The predicted octanol–water partition coefficient (Wildman–Crippen LogP) is 1.88. The van der Waals surface area contributed by atoms with E-state index in [9.17, 15) is 0 Å². The Hall–Kier alpha value is -1.02. The second kappa shape index (κ2) is 4.28. The van der Waals surface area contributed by atoms with Crippen molar-refractivity contribution in [1.29, 1.82) is 0 Å². The van der Waals surface area contributed by atoms with Gasteiger partial charge in [0.05, 0.1) is 0 Å². The summed E-state index contributed by atoms with van der Waals surface area (Å²) in [6, 6.07) is 0.450. The zero-order chi connectivity index (χ0) is 9.84. The van der Waals surface area contributed by atoms with Crippen LogP contribution in [0.4, 0.5) is 0 Å². The van der Waals surface area contributed by atoms with Crippen molar-refractivity contribution in [3.63, 3.8) is 0 Å². The lowest BCUT2D eigenvalue weighted by molar-refractivity contribution is 0.282. The molecule has 0 aliphatic carbocycles. The Bertz CT molecular complexity index is 240. The fourth-order valence-electron chi connectivity index (χ4n) is 1.69. The summed E-state index contributed by atoms with van der Waals surface area (Å²) in [6.45, 7) is 10.7. The van der Waals surface area contributed by atoms with Crippen molar-refractivity contribution < 1.29 is 0 Å². The minimum atomic E-state index is 0.450. The van der Waals surface area contributed by atoms with E-state index in [-0.39, 0.29) is 0 Å². The topological polar surface area (TPSA) is 15.3 Å². The minimum absolute atomic E-state index is 0.450. The van der Waals surface area contributed by atoms with Crippen LogP contribution in [-0.2, 0) is 0 Å². The maximum absolute atomic E-state index is 3.84. The summed E-state index contributed by atoms with van der Waals surface area (Å²) in [5.41, 5.74) is 2.68. The molecule has 2 nitrogen and oxygen atoms in total. The molecule has 0 saturated carbocycles. The van der Waals surface area contributed by atoms with Crippen LogP contribution >= 0.6 is 0 Å². The molecule has 2 heteroatoms. The quantitative estimate of drug-likeness (QED) is 0.664. The summed E-state index contributed by atoms with van der Waals surface area (Å²) < 4.78 is 0. The van der Waals surface area contributed by atoms with Gasteiger partial charge in [0, 0.05) is 24.7 Å². The maximum atomic E-state index is 3.84. The van der Waals surface area contributed by atoms with Gasteiger partial charge in [-0.1, -0.05) is 12.7 Å². The molecule has 0 bridgehead atoms. The Morgan fingerprint density at radius 1 is 1.54 bits per heavy atom. The molecule has 0 radical (unpaired) electrons. The van der Waals surface area contributed by atoms with E-state index in [4.69, 9.17) is 0 Å². The number of nitrogens with one attached hydrogen (secondary N) is 1. The highest BCUT2D eigenvalue weighted by Gasteiger charge is 2.20. The molecule has 0 aromatic heterocycles. The van der Waals surface area contributed by atoms with Crippen LogP contribution in [0.5, 0.6) is 0 Å². The molecule has 0 amide bonds.